The van der Waals surface area contributed by atoms with Crippen molar-refractivity contribution in [3.05, 3.63) is 95.1 Å². The number of benzene rings is 3. The van der Waals surface area contributed by atoms with Gasteiger partial charge in [-0.3, -0.25) is 0 Å². The molecule has 3 rings (SSSR count). The van der Waals surface area contributed by atoms with Gasteiger partial charge in [-0.05, 0) is 87.9 Å². The molecule has 202 valence electrons. The maximum absolute atomic E-state index is 11.7. The Morgan fingerprint density at radius 2 is 1.32 bits per heavy atom. The van der Waals surface area contributed by atoms with Crippen LogP contribution in [0.25, 0.3) is 0 Å². The number of aryl methyl sites for hydroxylation is 1. The minimum atomic E-state index is -0.506. The molecule has 1 amide bonds. The first-order valence-electron chi connectivity index (χ1n) is 11.4. The van der Waals surface area contributed by atoms with Crippen molar-refractivity contribution < 1.29 is 24.2 Å². The van der Waals surface area contributed by atoms with E-state index in [0.717, 1.165) is 16.7 Å². The molecular formula is C28H33N3O5S2. The number of hydrogen-bond acceptors (Lipinski definition) is 7. The van der Waals surface area contributed by atoms with Crippen molar-refractivity contribution in [2.45, 2.75) is 33.3 Å². The van der Waals surface area contributed by atoms with Crippen LogP contribution < -0.4 is 21.5 Å². The summed E-state index contributed by atoms with van der Waals surface area (Å²) >= 11 is 9.48. The van der Waals surface area contributed by atoms with Gasteiger partial charge in [-0.25, -0.2) is 9.59 Å². The average Bonchev–Trinajstić information content (AvgIpc) is 2.84. The van der Waals surface area contributed by atoms with Gasteiger partial charge in [0.1, 0.15) is 27.1 Å². The van der Waals surface area contributed by atoms with Crippen LogP contribution in [0.4, 0.5) is 4.79 Å². The van der Waals surface area contributed by atoms with Crippen molar-refractivity contribution in [1.82, 2.24) is 5.32 Å². The Morgan fingerprint density at radius 1 is 0.842 bits per heavy atom. The number of nitrogens with two attached hydrogens (primary N) is 2. The van der Waals surface area contributed by atoms with E-state index in [1.807, 2.05) is 45.9 Å². The summed E-state index contributed by atoms with van der Waals surface area (Å²) < 4.78 is 10.1. The van der Waals surface area contributed by atoms with Crippen molar-refractivity contribution in [1.29, 1.82) is 0 Å². The molecule has 0 radical (unpaired) electrons. The molecule has 0 bridgehead atoms. The average molecular weight is 556 g/mol. The Balaban J connectivity index is 0.000000290. The van der Waals surface area contributed by atoms with Crippen LogP contribution in [0.1, 0.15) is 47.8 Å². The summed E-state index contributed by atoms with van der Waals surface area (Å²) in [5, 5.41) is 11.2. The molecule has 3 aromatic rings. The lowest BCUT2D eigenvalue weighted by Gasteiger charge is -2.20. The molecule has 6 N–H and O–H groups in total. The number of phenols is 1. The number of amides is 1. The highest BCUT2D eigenvalue weighted by Gasteiger charge is 2.18. The lowest BCUT2D eigenvalue weighted by atomic mass is 10.1. The molecule has 10 heteroatoms. The van der Waals surface area contributed by atoms with Gasteiger partial charge in [-0.2, -0.15) is 0 Å². The number of phenolic OH excluding ortho intramolecular Hbond substituents is 1. The van der Waals surface area contributed by atoms with Gasteiger partial charge >= 0.3 is 12.1 Å². The molecule has 0 saturated carbocycles. The van der Waals surface area contributed by atoms with Crippen LogP contribution in [0.15, 0.2) is 72.8 Å². The van der Waals surface area contributed by atoms with Crippen molar-refractivity contribution in [3.63, 3.8) is 0 Å². The molecule has 0 aliphatic rings. The molecule has 0 saturated heterocycles. The highest BCUT2D eigenvalue weighted by Crippen LogP contribution is 2.15. The highest BCUT2D eigenvalue weighted by atomic mass is 32.1. The van der Waals surface area contributed by atoms with Crippen LogP contribution in [0.3, 0.4) is 0 Å². The van der Waals surface area contributed by atoms with Gasteiger partial charge in [0.2, 0.25) is 0 Å². The molecule has 38 heavy (non-hydrogen) atoms. The zero-order valence-corrected chi connectivity index (χ0v) is 23.6. The Morgan fingerprint density at radius 3 is 1.74 bits per heavy atom. The van der Waals surface area contributed by atoms with Gasteiger partial charge in [0, 0.05) is 18.2 Å². The predicted molar refractivity (Wildman–Crippen MR) is 158 cm³/mol. The van der Waals surface area contributed by atoms with Crippen LogP contribution in [0.2, 0.25) is 0 Å². The van der Waals surface area contributed by atoms with Crippen LogP contribution >= 0.6 is 24.4 Å². The van der Waals surface area contributed by atoms with Crippen LogP contribution in [0.5, 0.6) is 11.5 Å². The first-order chi connectivity index (χ1) is 17.7. The number of nitrogens with one attached hydrogen (secondary N) is 1. The van der Waals surface area contributed by atoms with E-state index < -0.39 is 11.7 Å². The van der Waals surface area contributed by atoms with E-state index in [0.29, 0.717) is 21.3 Å². The Hall–Kier alpha value is -4.02. The third kappa shape index (κ3) is 12.3. The first kappa shape index (κ1) is 32.0. The summed E-state index contributed by atoms with van der Waals surface area (Å²) in [6, 6.07) is 20.5. The van der Waals surface area contributed by atoms with Gasteiger partial charge in [0.25, 0.3) is 0 Å². The molecule has 0 aliphatic heterocycles. The van der Waals surface area contributed by atoms with Gasteiger partial charge in [0.15, 0.2) is 0 Å². The molecule has 3 aromatic carbocycles. The fourth-order valence-electron chi connectivity index (χ4n) is 2.61. The third-order valence-corrected chi connectivity index (χ3v) is 4.94. The van der Waals surface area contributed by atoms with E-state index in [2.05, 4.69) is 5.32 Å². The Labute approximate surface area is 233 Å². The molecule has 0 aromatic heterocycles. The van der Waals surface area contributed by atoms with Gasteiger partial charge in [-0.1, -0.05) is 42.6 Å². The quantitative estimate of drug-likeness (QED) is 0.258. The first-order valence-corrected chi connectivity index (χ1v) is 12.2. The smallest absolute Gasteiger partial charge is 0.412 e. The van der Waals surface area contributed by atoms with Gasteiger partial charge < -0.3 is 31.4 Å². The lowest BCUT2D eigenvalue weighted by molar-refractivity contribution is 0.00686. The monoisotopic (exact) mass is 555 g/mol. The summed E-state index contributed by atoms with van der Waals surface area (Å²) in [6.07, 6.45) is -0.506. The molecule has 0 spiro atoms. The largest absolute Gasteiger partial charge is 0.508 e. The molecule has 0 atom stereocenters. The topological polar surface area (TPSA) is 137 Å². The van der Waals surface area contributed by atoms with E-state index in [4.69, 9.17) is 50.5 Å². The van der Waals surface area contributed by atoms with E-state index in [-0.39, 0.29) is 11.7 Å². The second-order valence-corrected chi connectivity index (χ2v) is 9.64. The number of ether oxygens (including phenoxy) is 2. The second-order valence-electron chi connectivity index (χ2n) is 8.76. The number of aromatic hydroxyl groups is 1. The Kier molecular flexibility index (Phi) is 12.9. The molecular weight excluding hydrogens is 522 g/mol. The van der Waals surface area contributed by atoms with Crippen LogP contribution in [-0.4, -0.2) is 39.8 Å². The fraction of sp³-hybridized carbons (Fsp3) is 0.214. The number of hydrogen-bond donors (Lipinski definition) is 4. The molecule has 8 nitrogen and oxygen atoms in total. The summed E-state index contributed by atoms with van der Waals surface area (Å²) in [5.74, 6) is 0.417. The number of thiocarbonyl (C=S) groups is 2. The molecule has 0 fully saturated rings. The summed E-state index contributed by atoms with van der Waals surface area (Å²) in [5.41, 5.74) is 13.4. The van der Waals surface area contributed by atoms with E-state index >= 15 is 0 Å². The van der Waals surface area contributed by atoms with E-state index in [1.165, 1.54) is 7.05 Å². The van der Waals surface area contributed by atoms with Crippen molar-refractivity contribution in [2.75, 3.05) is 7.05 Å². The molecule has 0 unspecified atom stereocenters. The summed E-state index contributed by atoms with van der Waals surface area (Å²) in [7, 11) is 1.49. The SMILES string of the molecule is CNC(=O)Oc1ccc(C(N)=S)cc1.Cc1ccccc1C(=O)OC(C)(C)C.NC(=S)c1ccc(O)cc1. The number of rotatable bonds is 4. The zero-order valence-electron chi connectivity index (χ0n) is 22.0. The number of esters is 1. The lowest BCUT2D eigenvalue weighted by Crippen LogP contribution is -2.24. The van der Waals surface area contributed by atoms with Crippen molar-refractivity contribution in [2.24, 2.45) is 11.5 Å². The molecule has 0 aliphatic carbocycles. The van der Waals surface area contributed by atoms with Gasteiger partial charge in [0.05, 0.1) is 5.56 Å². The number of carbonyl (C=O) groups excluding carboxylic acids is 2. The molecule has 0 heterocycles. The number of carbonyl (C=O) groups is 2. The van der Waals surface area contributed by atoms with Crippen LogP contribution in [0, 0.1) is 6.92 Å². The predicted octanol–water partition coefficient (Wildman–Crippen LogP) is 5.02. The third-order valence-electron chi connectivity index (χ3n) is 4.47. The Bertz CT molecular complexity index is 1240. The normalized spacial score (nSPS) is 9.92. The fourth-order valence-corrected chi connectivity index (χ4v) is 2.88. The summed E-state index contributed by atoms with van der Waals surface area (Å²) in [6.45, 7) is 7.49. The highest BCUT2D eigenvalue weighted by molar-refractivity contribution is 7.80. The minimum absolute atomic E-state index is 0.222. The van der Waals surface area contributed by atoms with Gasteiger partial charge in [-0.15, -0.1) is 0 Å². The van der Waals surface area contributed by atoms with Crippen LogP contribution in [-0.2, 0) is 4.74 Å². The standard InChI is InChI=1S/C12H16O2.C9H10N2O2S.C7H7NOS/c1-9-7-5-6-8-10(9)11(13)14-12(2,3)4;1-11-9(12)13-7-4-2-6(3-5-7)8(10)14;8-7(10)5-1-3-6(9)4-2-5/h5-8H,1-4H3;2-5H,1H3,(H2,10,14)(H,11,12);1-4,9H,(H2,8,10). The van der Waals surface area contributed by atoms with E-state index in [9.17, 15) is 9.59 Å². The zero-order chi connectivity index (χ0) is 28.9. The summed E-state index contributed by atoms with van der Waals surface area (Å²) in [4.78, 5) is 23.1. The van der Waals surface area contributed by atoms with Crippen molar-refractivity contribution in [3.8, 4) is 11.5 Å². The minimum Gasteiger partial charge on any atom is -0.508 e. The van der Waals surface area contributed by atoms with E-state index in [1.54, 1.807) is 54.6 Å². The van der Waals surface area contributed by atoms with Crippen molar-refractivity contribution >= 4 is 46.5 Å². The maximum atomic E-state index is 11.7. The second kappa shape index (κ2) is 15.3. The maximum Gasteiger partial charge on any atom is 0.412 e.